The van der Waals surface area contributed by atoms with E-state index in [1.165, 1.54) is 23.5 Å². The zero-order chi connectivity index (χ0) is 19.7. The summed E-state index contributed by atoms with van der Waals surface area (Å²) >= 11 is 10.5. The van der Waals surface area contributed by atoms with Gasteiger partial charge in [0.1, 0.15) is 22.7 Å². The molecule has 0 aliphatic carbocycles. The van der Waals surface area contributed by atoms with Crippen LogP contribution in [0, 0.1) is 5.82 Å². The summed E-state index contributed by atoms with van der Waals surface area (Å²) in [6.45, 7) is 0. The van der Waals surface area contributed by atoms with E-state index in [0.29, 0.717) is 16.1 Å². The second-order valence-electron chi connectivity index (χ2n) is 5.65. The first kappa shape index (κ1) is 18.8. The molecule has 2 heterocycles. The van der Waals surface area contributed by atoms with E-state index in [1.54, 1.807) is 29.8 Å². The number of hydrogen-bond acceptors (Lipinski definition) is 5. The van der Waals surface area contributed by atoms with Crippen LogP contribution >= 0.6 is 38.9 Å². The van der Waals surface area contributed by atoms with Gasteiger partial charge in [-0.3, -0.25) is 10.1 Å². The Balaban J connectivity index is 1.90. The molecule has 0 fully saturated rings. The van der Waals surface area contributed by atoms with Gasteiger partial charge < -0.3 is 4.42 Å². The summed E-state index contributed by atoms with van der Waals surface area (Å²) in [6.07, 6.45) is 1.58. The van der Waals surface area contributed by atoms with Gasteiger partial charge in [0.05, 0.1) is 0 Å². The molecule has 0 spiro atoms. The average Bonchev–Trinajstić information content (AvgIpc) is 3.16. The first-order valence-electron chi connectivity index (χ1n) is 7.93. The van der Waals surface area contributed by atoms with Crippen LogP contribution in [-0.2, 0) is 0 Å². The maximum Gasteiger partial charge on any atom is 0.262 e. The van der Waals surface area contributed by atoms with E-state index in [0.717, 1.165) is 10.5 Å². The van der Waals surface area contributed by atoms with Gasteiger partial charge in [-0.15, -0.1) is 11.3 Å². The fourth-order valence-electron chi connectivity index (χ4n) is 2.48. The molecule has 0 atom stereocenters. The summed E-state index contributed by atoms with van der Waals surface area (Å²) < 4.78 is 20.8. The predicted octanol–water partition coefficient (Wildman–Crippen LogP) is 5.93. The predicted molar refractivity (Wildman–Crippen MR) is 111 cm³/mol. The SMILES string of the molecule is O=C(Nc1nccs1)c1cc2cc(Br)ccc2oc1=Nc1ccc(Cl)cc1F. The summed E-state index contributed by atoms with van der Waals surface area (Å²) in [6, 6.07) is 11.1. The molecule has 140 valence electrons. The van der Waals surface area contributed by atoms with Crippen LogP contribution in [0.3, 0.4) is 0 Å². The van der Waals surface area contributed by atoms with Gasteiger partial charge in [0.15, 0.2) is 5.13 Å². The van der Waals surface area contributed by atoms with Crippen LogP contribution in [0.25, 0.3) is 11.0 Å². The summed E-state index contributed by atoms with van der Waals surface area (Å²) in [4.78, 5) is 21.1. The van der Waals surface area contributed by atoms with Gasteiger partial charge in [-0.2, -0.15) is 0 Å². The van der Waals surface area contributed by atoms with E-state index in [-0.39, 0.29) is 21.8 Å². The lowest BCUT2D eigenvalue weighted by Gasteiger charge is -2.06. The number of thiazole rings is 1. The van der Waals surface area contributed by atoms with Gasteiger partial charge in [-0.1, -0.05) is 27.5 Å². The number of benzene rings is 2. The third-order valence-electron chi connectivity index (χ3n) is 3.74. The lowest BCUT2D eigenvalue weighted by Crippen LogP contribution is -2.21. The number of carbonyl (C=O) groups excluding carboxylic acids is 1. The van der Waals surface area contributed by atoms with E-state index in [4.69, 9.17) is 16.0 Å². The first-order valence-corrected chi connectivity index (χ1v) is 9.99. The lowest BCUT2D eigenvalue weighted by atomic mass is 10.1. The fourth-order valence-corrected chi connectivity index (χ4v) is 3.54. The molecule has 4 aromatic rings. The highest BCUT2D eigenvalue weighted by atomic mass is 79.9. The number of amides is 1. The number of nitrogens with one attached hydrogen (secondary N) is 1. The minimum absolute atomic E-state index is 0.00732. The van der Waals surface area contributed by atoms with Gasteiger partial charge in [0.25, 0.3) is 5.91 Å². The Hall–Kier alpha value is -2.55. The fraction of sp³-hybridized carbons (Fsp3) is 0. The third kappa shape index (κ3) is 3.99. The zero-order valence-corrected chi connectivity index (χ0v) is 17.1. The van der Waals surface area contributed by atoms with Crippen molar-refractivity contribution in [2.45, 2.75) is 0 Å². The van der Waals surface area contributed by atoms with Crippen LogP contribution in [0.2, 0.25) is 5.02 Å². The van der Waals surface area contributed by atoms with E-state index in [2.05, 4.69) is 31.2 Å². The minimum Gasteiger partial charge on any atom is -0.438 e. The van der Waals surface area contributed by atoms with Crippen molar-refractivity contribution in [1.82, 2.24) is 4.98 Å². The van der Waals surface area contributed by atoms with E-state index in [9.17, 15) is 9.18 Å². The molecule has 28 heavy (non-hydrogen) atoms. The van der Waals surface area contributed by atoms with Crippen molar-refractivity contribution in [1.29, 1.82) is 0 Å². The molecule has 1 N–H and O–H groups in total. The molecule has 0 aliphatic rings. The number of carbonyl (C=O) groups is 1. The largest absolute Gasteiger partial charge is 0.438 e. The van der Waals surface area contributed by atoms with Crippen LogP contribution in [0.15, 0.2) is 67.9 Å². The molecule has 5 nitrogen and oxygen atoms in total. The molecule has 0 radical (unpaired) electrons. The number of hydrogen-bond donors (Lipinski definition) is 1. The molecule has 0 aliphatic heterocycles. The Morgan fingerprint density at radius 1 is 1.25 bits per heavy atom. The Labute approximate surface area is 175 Å². The van der Waals surface area contributed by atoms with Gasteiger partial charge in [-0.25, -0.2) is 14.4 Å². The Kier molecular flexibility index (Phi) is 5.25. The Morgan fingerprint density at radius 2 is 2.11 bits per heavy atom. The van der Waals surface area contributed by atoms with Crippen molar-refractivity contribution in [3.63, 3.8) is 0 Å². The van der Waals surface area contributed by atoms with E-state index in [1.807, 2.05) is 6.07 Å². The van der Waals surface area contributed by atoms with Crippen LogP contribution in [0.1, 0.15) is 10.4 Å². The molecule has 9 heteroatoms. The van der Waals surface area contributed by atoms with E-state index >= 15 is 0 Å². The molecule has 0 unspecified atom stereocenters. The first-order chi connectivity index (χ1) is 13.5. The van der Waals surface area contributed by atoms with Gasteiger partial charge in [-0.05, 0) is 42.5 Å². The Bertz CT molecular complexity index is 1260. The second-order valence-corrected chi connectivity index (χ2v) is 7.89. The van der Waals surface area contributed by atoms with Gasteiger partial charge in [0, 0.05) is 26.5 Å². The highest BCUT2D eigenvalue weighted by molar-refractivity contribution is 9.10. The summed E-state index contributed by atoms with van der Waals surface area (Å²) in [5.74, 6) is -1.08. The van der Waals surface area contributed by atoms with Gasteiger partial charge >= 0.3 is 0 Å². The topological polar surface area (TPSA) is 67.5 Å². The van der Waals surface area contributed by atoms with E-state index < -0.39 is 11.7 Å². The van der Waals surface area contributed by atoms with Crippen LogP contribution in [0.5, 0.6) is 0 Å². The molecule has 0 saturated heterocycles. The summed E-state index contributed by atoms with van der Waals surface area (Å²) in [5.41, 5.74) is 0.635. The molecule has 2 aromatic heterocycles. The van der Waals surface area contributed by atoms with Crippen molar-refractivity contribution in [3.05, 3.63) is 80.5 Å². The number of rotatable bonds is 3. The standard InChI is InChI=1S/C19H10BrClFN3O2S/c20-11-1-4-16-10(7-11)8-13(17(26)25-19-23-5-6-28-19)18(27-16)24-15-3-2-12(21)9-14(15)22/h1-9H,(H,23,25,26). The van der Waals surface area contributed by atoms with Crippen molar-refractivity contribution < 1.29 is 13.6 Å². The molecule has 2 aromatic carbocycles. The van der Waals surface area contributed by atoms with Crippen molar-refractivity contribution in [2.24, 2.45) is 4.99 Å². The summed E-state index contributed by atoms with van der Waals surface area (Å²) in [5, 5.41) is 5.80. The van der Waals surface area contributed by atoms with Crippen LogP contribution in [0.4, 0.5) is 15.2 Å². The number of fused-ring (bicyclic) bond motifs is 1. The minimum atomic E-state index is -0.620. The zero-order valence-electron chi connectivity index (χ0n) is 13.9. The second kappa shape index (κ2) is 7.83. The van der Waals surface area contributed by atoms with Crippen molar-refractivity contribution in [3.8, 4) is 0 Å². The number of nitrogens with zero attached hydrogens (tertiary/aromatic N) is 2. The monoisotopic (exact) mass is 477 g/mol. The van der Waals surface area contributed by atoms with Crippen molar-refractivity contribution >= 4 is 66.6 Å². The van der Waals surface area contributed by atoms with Crippen LogP contribution < -0.4 is 10.9 Å². The van der Waals surface area contributed by atoms with Crippen LogP contribution in [-0.4, -0.2) is 10.9 Å². The maximum atomic E-state index is 14.2. The number of halogens is 3. The molecule has 1 amide bonds. The molecule has 4 rings (SSSR count). The normalized spacial score (nSPS) is 11.8. The molecular formula is C19H10BrClFN3O2S. The maximum absolute atomic E-state index is 14.2. The molecular weight excluding hydrogens is 469 g/mol. The highest BCUT2D eigenvalue weighted by Gasteiger charge is 2.15. The Morgan fingerprint density at radius 3 is 2.86 bits per heavy atom. The summed E-state index contributed by atoms with van der Waals surface area (Å²) in [7, 11) is 0. The quantitative estimate of drug-likeness (QED) is 0.397. The van der Waals surface area contributed by atoms with Gasteiger partial charge in [0.2, 0.25) is 5.55 Å². The highest BCUT2D eigenvalue weighted by Crippen LogP contribution is 2.23. The number of aromatic nitrogens is 1. The third-order valence-corrected chi connectivity index (χ3v) is 5.15. The molecule has 0 bridgehead atoms. The molecule has 0 saturated carbocycles. The lowest BCUT2D eigenvalue weighted by molar-refractivity contribution is 0.102. The number of anilines is 1. The average molecular weight is 479 g/mol. The van der Waals surface area contributed by atoms with Crippen molar-refractivity contribution in [2.75, 3.05) is 5.32 Å². The smallest absolute Gasteiger partial charge is 0.262 e.